The van der Waals surface area contributed by atoms with Crippen molar-refractivity contribution in [3.8, 4) is 11.5 Å². The van der Waals surface area contributed by atoms with Crippen LogP contribution < -0.4 is 14.8 Å². The Morgan fingerprint density at radius 2 is 2.00 bits per heavy atom. The maximum absolute atomic E-state index is 12.6. The van der Waals surface area contributed by atoms with Crippen molar-refractivity contribution in [2.24, 2.45) is 0 Å². The van der Waals surface area contributed by atoms with Gasteiger partial charge in [-0.05, 0) is 49.6 Å². The van der Waals surface area contributed by atoms with Gasteiger partial charge in [0.1, 0.15) is 11.5 Å². The van der Waals surface area contributed by atoms with E-state index >= 15 is 0 Å². The topological polar surface area (TPSA) is 50.8 Å². The summed E-state index contributed by atoms with van der Waals surface area (Å²) in [5.41, 5.74) is 3.35. The Balaban J connectivity index is 1.69. The highest BCUT2D eigenvalue weighted by Crippen LogP contribution is 2.33. The van der Waals surface area contributed by atoms with E-state index in [1.54, 1.807) is 32.4 Å². The second kappa shape index (κ2) is 8.23. The van der Waals surface area contributed by atoms with E-state index in [2.05, 4.69) is 34.5 Å². The number of aryl methyl sites for hydroxylation is 1. The van der Waals surface area contributed by atoms with E-state index in [-0.39, 0.29) is 11.9 Å². The summed E-state index contributed by atoms with van der Waals surface area (Å²) in [6.07, 6.45) is 3.34. The summed E-state index contributed by atoms with van der Waals surface area (Å²) >= 11 is 0. The van der Waals surface area contributed by atoms with Gasteiger partial charge in [0.05, 0.1) is 26.5 Å². The molecule has 1 atom stereocenters. The average Bonchev–Trinajstić information content (AvgIpc) is 2.67. The minimum absolute atomic E-state index is 0.0675. The number of carbonyl (C=O) groups excluding carboxylic acids is 1. The zero-order valence-electron chi connectivity index (χ0n) is 15.6. The summed E-state index contributed by atoms with van der Waals surface area (Å²) in [4.78, 5) is 14.7. The van der Waals surface area contributed by atoms with Gasteiger partial charge >= 0.3 is 0 Å². The third-order valence-corrected chi connectivity index (χ3v) is 4.94. The summed E-state index contributed by atoms with van der Waals surface area (Å²) in [6.45, 7) is 0.319. The van der Waals surface area contributed by atoms with E-state index in [1.807, 2.05) is 7.05 Å². The van der Waals surface area contributed by atoms with E-state index in [1.165, 1.54) is 11.1 Å². The van der Waals surface area contributed by atoms with Crippen LogP contribution >= 0.6 is 0 Å². The molecule has 0 aliphatic heterocycles. The van der Waals surface area contributed by atoms with E-state index < -0.39 is 0 Å². The highest BCUT2D eigenvalue weighted by molar-refractivity contribution is 5.94. The largest absolute Gasteiger partial charge is 0.497 e. The maximum Gasteiger partial charge on any atom is 0.238 e. The number of fused-ring (bicyclic) bond motifs is 1. The molecule has 1 N–H and O–H groups in total. The van der Waals surface area contributed by atoms with Gasteiger partial charge in [-0.1, -0.05) is 24.3 Å². The zero-order chi connectivity index (χ0) is 18.5. The third-order valence-electron chi connectivity index (χ3n) is 4.94. The molecule has 26 heavy (non-hydrogen) atoms. The van der Waals surface area contributed by atoms with Crippen molar-refractivity contribution in [3.63, 3.8) is 0 Å². The van der Waals surface area contributed by atoms with Gasteiger partial charge in [-0.3, -0.25) is 9.69 Å². The number of rotatable bonds is 6. The number of hydrogen-bond donors (Lipinski definition) is 1. The van der Waals surface area contributed by atoms with E-state index in [0.29, 0.717) is 23.7 Å². The van der Waals surface area contributed by atoms with Gasteiger partial charge in [0, 0.05) is 12.1 Å². The first-order valence-corrected chi connectivity index (χ1v) is 8.92. The fraction of sp³-hybridized carbons (Fsp3) is 0.381. The molecule has 0 bridgehead atoms. The van der Waals surface area contributed by atoms with E-state index in [9.17, 15) is 4.79 Å². The maximum atomic E-state index is 12.6. The number of benzene rings is 2. The Morgan fingerprint density at radius 1 is 1.19 bits per heavy atom. The van der Waals surface area contributed by atoms with Gasteiger partial charge < -0.3 is 14.8 Å². The highest BCUT2D eigenvalue weighted by Gasteiger charge is 2.24. The van der Waals surface area contributed by atoms with Crippen LogP contribution in [0, 0.1) is 0 Å². The zero-order valence-corrected chi connectivity index (χ0v) is 15.6. The molecule has 1 aliphatic carbocycles. The lowest BCUT2D eigenvalue weighted by Crippen LogP contribution is -2.35. The van der Waals surface area contributed by atoms with Crippen molar-refractivity contribution in [1.29, 1.82) is 0 Å². The first-order chi connectivity index (χ1) is 12.6. The van der Waals surface area contributed by atoms with Crippen molar-refractivity contribution in [3.05, 3.63) is 53.6 Å². The Labute approximate surface area is 154 Å². The standard InChI is InChI=1S/C21H26N2O3/c1-23(19-10-6-8-15-7-4-5-9-17(15)19)14-21(24)22-18-13-16(25-2)11-12-20(18)26-3/h4-5,7,9,11-13,19H,6,8,10,14H2,1-3H3,(H,22,24). The second-order valence-electron chi connectivity index (χ2n) is 6.64. The monoisotopic (exact) mass is 354 g/mol. The Hall–Kier alpha value is -2.53. The van der Waals surface area contributed by atoms with Crippen molar-refractivity contribution in [2.45, 2.75) is 25.3 Å². The number of carbonyl (C=O) groups is 1. The van der Waals surface area contributed by atoms with Crippen LogP contribution in [0.3, 0.4) is 0 Å². The van der Waals surface area contributed by atoms with Crippen molar-refractivity contribution < 1.29 is 14.3 Å². The van der Waals surface area contributed by atoms with Crippen LogP contribution in [0.25, 0.3) is 0 Å². The Bertz CT molecular complexity index is 776. The summed E-state index contributed by atoms with van der Waals surface area (Å²) in [6, 6.07) is 14.2. The lowest BCUT2D eigenvalue weighted by Gasteiger charge is -2.32. The molecule has 5 heteroatoms. The first kappa shape index (κ1) is 18.3. The number of likely N-dealkylation sites (N-methyl/N-ethyl adjacent to an activating group) is 1. The van der Waals surface area contributed by atoms with Crippen LogP contribution in [0.5, 0.6) is 11.5 Å². The SMILES string of the molecule is COc1ccc(OC)c(NC(=O)CN(C)C2CCCc3ccccc32)c1. The quantitative estimate of drug-likeness (QED) is 0.860. The molecule has 0 radical (unpaired) electrons. The third kappa shape index (κ3) is 3.99. The number of nitrogens with zero attached hydrogens (tertiary/aromatic N) is 1. The van der Waals surface area contributed by atoms with Crippen LogP contribution in [0.15, 0.2) is 42.5 Å². The molecule has 3 rings (SSSR count). The predicted molar refractivity (Wildman–Crippen MR) is 103 cm³/mol. The van der Waals surface area contributed by atoms with Gasteiger partial charge in [0.25, 0.3) is 0 Å². The minimum atomic E-state index is -0.0675. The number of hydrogen-bond acceptors (Lipinski definition) is 4. The molecule has 0 saturated carbocycles. The molecule has 0 fully saturated rings. The smallest absolute Gasteiger partial charge is 0.238 e. The number of nitrogens with one attached hydrogen (secondary N) is 1. The summed E-state index contributed by atoms with van der Waals surface area (Å²) in [5.74, 6) is 1.22. The predicted octanol–water partition coefficient (Wildman–Crippen LogP) is 3.65. The van der Waals surface area contributed by atoms with Crippen LogP contribution in [-0.2, 0) is 11.2 Å². The molecule has 0 spiro atoms. The van der Waals surface area contributed by atoms with Crippen molar-refractivity contribution in [2.75, 3.05) is 33.1 Å². The van der Waals surface area contributed by atoms with Crippen LogP contribution in [-0.4, -0.2) is 38.6 Å². The molecule has 1 aliphatic rings. The summed E-state index contributed by atoms with van der Waals surface area (Å²) in [5, 5.41) is 2.94. The average molecular weight is 354 g/mol. The molecule has 1 amide bonds. The fourth-order valence-electron chi connectivity index (χ4n) is 3.62. The van der Waals surface area contributed by atoms with Gasteiger partial charge in [-0.2, -0.15) is 0 Å². The molecule has 0 aromatic heterocycles. The second-order valence-corrected chi connectivity index (χ2v) is 6.64. The normalized spacial score (nSPS) is 16.1. The summed E-state index contributed by atoms with van der Waals surface area (Å²) < 4.78 is 10.6. The molecule has 1 unspecified atom stereocenters. The van der Waals surface area contributed by atoms with Crippen LogP contribution in [0.4, 0.5) is 5.69 Å². The number of amides is 1. The number of ether oxygens (including phenoxy) is 2. The number of methoxy groups -OCH3 is 2. The minimum Gasteiger partial charge on any atom is -0.497 e. The lowest BCUT2D eigenvalue weighted by molar-refractivity contribution is -0.117. The molecular formula is C21H26N2O3. The molecule has 0 saturated heterocycles. The van der Waals surface area contributed by atoms with Gasteiger partial charge in [0.2, 0.25) is 5.91 Å². The van der Waals surface area contributed by atoms with Gasteiger partial charge in [-0.25, -0.2) is 0 Å². The summed E-state index contributed by atoms with van der Waals surface area (Å²) in [7, 11) is 5.19. The van der Waals surface area contributed by atoms with Gasteiger partial charge in [-0.15, -0.1) is 0 Å². The van der Waals surface area contributed by atoms with Crippen LogP contribution in [0.2, 0.25) is 0 Å². The molecule has 2 aromatic carbocycles. The molecule has 0 heterocycles. The Morgan fingerprint density at radius 3 is 2.77 bits per heavy atom. The molecule has 5 nitrogen and oxygen atoms in total. The van der Waals surface area contributed by atoms with Crippen molar-refractivity contribution in [1.82, 2.24) is 4.90 Å². The van der Waals surface area contributed by atoms with Crippen LogP contribution in [0.1, 0.15) is 30.0 Å². The van der Waals surface area contributed by atoms with Gasteiger partial charge in [0.15, 0.2) is 0 Å². The molecule has 138 valence electrons. The lowest BCUT2D eigenvalue weighted by atomic mass is 9.87. The van der Waals surface area contributed by atoms with Crippen molar-refractivity contribution >= 4 is 11.6 Å². The van der Waals surface area contributed by atoms with E-state index in [4.69, 9.17) is 9.47 Å². The Kier molecular flexibility index (Phi) is 5.78. The fourth-order valence-corrected chi connectivity index (χ4v) is 3.62. The highest BCUT2D eigenvalue weighted by atomic mass is 16.5. The number of anilines is 1. The molecule has 2 aromatic rings. The molecular weight excluding hydrogens is 328 g/mol. The van der Waals surface area contributed by atoms with E-state index in [0.717, 1.165) is 19.3 Å². The first-order valence-electron chi connectivity index (χ1n) is 8.92.